The Labute approximate surface area is 261 Å². The zero-order valence-electron chi connectivity index (χ0n) is 25.3. The molecule has 0 bridgehead atoms. The van der Waals surface area contributed by atoms with Crippen molar-refractivity contribution in [3.8, 4) is 23.3 Å². The van der Waals surface area contributed by atoms with E-state index in [0.717, 1.165) is 6.07 Å². The van der Waals surface area contributed by atoms with E-state index in [4.69, 9.17) is 9.47 Å². The van der Waals surface area contributed by atoms with Crippen molar-refractivity contribution in [2.24, 2.45) is 0 Å². The molecule has 230 valence electrons. The van der Waals surface area contributed by atoms with Crippen LogP contribution in [0, 0.1) is 33.4 Å². The number of benzene rings is 2. The molecule has 2 aliphatic heterocycles. The van der Waals surface area contributed by atoms with E-state index in [0.29, 0.717) is 21.4 Å². The highest BCUT2D eigenvalue weighted by Gasteiger charge is 2.36. The number of imide groups is 1. The zero-order valence-corrected chi connectivity index (χ0v) is 26.3. The SMILES string of the molecule is CCOC(=O)N1C(CCOC(=O)CN2C(=O)c3cccc4cc([N+](=O)[O-])cc(c34)C2=O)=CC=CC1C#C/C=C\C#C[Si](C)(C)C. The maximum absolute atomic E-state index is 13.2. The molecule has 1 atom stereocenters. The van der Waals surface area contributed by atoms with Crippen molar-refractivity contribution >= 4 is 48.4 Å². The molecule has 0 spiro atoms. The van der Waals surface area contributed by atoms with E-state index < -0.39 is 49.5 Å². The Morgan fingerprint density at radius 3 is 2.51 bits per heavy atom. The molecule has 0 fully saturated rings. The number of carbonyl (C=O) groups excluding carboxylic acids is 4. The number of nitro benzene ring substituents is 1. The number of allylic oxidation sites excluding steroid dienone is 4. The van der Waals surface area contributed by atoms with Gasteiger partial charge in [0.05, 0.1) is 23.7 Å². The van der Waals surface area contributed by atoms with Crippen molar-refractivity contribution in [2.75, 3.05) is 19.8 Å². The highest BCUT2D eigenvalue weighted by Crippen LogP contribution is 2.33. The molecular formula is C33H31N3O8Si. The number of nitrogens with zero attached hydrogens (tertiary/aromatic N) is 3. The van der Waals surface area contributed by atoms with Crippen molar-refractivity contribution in [3.63, 3.8) is 0 Å². The average molecular weight is 626 g/mol. The number of hydrogen-bond acceptors (Lipinski definition) is 8. The van der Waals surface area contributed by atoms with Gasteiger partial charge in [-0.15, -0.1) is 5.54 Å². The average Bonchev–Trinajstić information content (AvgIpc) is 2.99. The second kappa shape index (κ2) is 13.9. The lowest BCUT2D eigenvalue weighted by Gasteiger charge is -2.30. The maximum atomic E-state index is 13.2. The summed E-state index contributed by atoms with van der Waals surface area (Å²) in [6.45, 7) is 7.37. The van der Waals surface area contributed by atoms with Gasteiger partial charge in [0.1, 0.15) is 20.7 Å². The molecule has 2 heterocycles. The first-order valence-electron chi connectivity index (χ1n) is 14.2. The van der Waals surface area contributed by atoms with Crippen molar-refractivity contribution < 1.29 is 33.6 Å². The predicted octanol–water partition coefficient (Wildman–Crippen LogP) is 5.00. The molecule has 2 aliphatic rings. The fourth-order valence-corrected chi connectivity index (χ4v) is 5.18. The van der Waals surface area contributed by atoms with Crippen LogP contribution < -0.4 is 0 Å². The smallest absolute Gasteiger partial charge is 0.415 e. The van der Waals surface area contributed by atoms with Crippen LogP contribution >= 0.6 is 0 Å². The fourth-order valence-electron chi connectivity index (χ4n) is 4.67. The number of amides is 3. The van der Waals surface area contributed by atoms with E-state index in [-0.39, 0.29) is 36.4 Å². The monoisotopic (exact) mass is 625 g/mol. The molecular weight excluding hydrogens is 594 g/mol. The third-order valence-electron chi connectivity index (χ3n) is 6.59. The molecule has 0 saturated heterocycles. The van der Waals surface area contributed by atoms with Gasteiger partial charge in [-0.3, -0.25) is 34.3 Å². The minimum absolute atomic E-state index is 0.0449. The van der Waals surface area contributed by atoms with E-state index in [1.807, 2.05) is 0 Å². The standard InChI is InChI=1S/C33H31N3O8Si/c1-5-43-33(40)35-24(13-8-6-7-9-19-45(2,3)4)14-11-15-25(35)17-18-44-29(37)22-34-31(38)27-16-10-12-23-20-26(36(41)42)21-28(30(23)27)32(34)39/h6-7,10-12,14-16,20-21,24H,5,17-18,22H2,1-4H3/b7-6-. The molecule has 2 aromatic carbocycles. The molecule has 4 rings (SSSR count). The highest BCUT2D eigenvalue weighted by atomic mass is 28.3. The number of esters is 1. The van der Waals surface area contributed by atoms with Crippen LogP contribution in [0.25, 0.3) is 10.8 Å². The van der Waals surface area contributed by atoms with Gasteiger partial charge in [-0.2, -0.15) is 0 Å². The number of rotatable bonds is 7. The van der Waals surface area contributed by atoms with E-state index in [2.05, 4.69) is 42.9 Å². The lowest BCUT2D eigenvalue weighted by molar-refractivity contribution is -0.384. The number of non-ortho nitro benzene ring substituents is 1. The number of hydrogen-bond donors (Lipinski definition) is 0. The molecule has 0 aromatic heterocycles. The van der Waals surface area contributed by atoms with Crippen LogP contribution in [0.3, 0.4) is 0 Å². The largest absolute Gasteiger partial charge is 0.464 e. The zero-order chi connectivity index (χ0) is 32.7. The lowest BCUT2D eigenvalue weighted by Crippen LogP contribution is -2.44. The summed E-state index contributed by atoms with van der Waals surface area (Å²) in [6.07, 6.45) is 7.93. The Bertz CT molecular complexity index is 1800. The van der Waals surface area contributed by atoms with Crippen LogP contribution in [-0.4, -0.2) is 72.5 Å². The van der Waals surface area contributed by atoms with E-state index in [1.54, 1.807) is 49.4 Å². The highest BCUT2D eigenvalue weighted by molar-refractivity contribution is 6.83. The molecule has 0 saturated carbocycles. The first kappa shape index (κ1) is 32.5. The third kappa shape index (κ3) is 7.74. The number of nitro groups is 1. The molecule has 0 radical (unpaired) electrons. The van der Waals surface area contributed by atoms with Crippen LogP contribution in [0.15, 0.2) is 66.4 Å². The van der Waals surface area contributed by atoms with Gasteiger partial charge in [0.25, 0.3) is 17.5 Å². The Morgan fingerprint density at radius 1 is 1.07 bits per heavy atom. The van der Waals surface area contributed by atoms with Crippen LogP contribution in [-0.2, 0) is 14.3 Å². The summed E-state index contributed by atoms with van der Waals surface area (Å²) >= 11 is 0. The lowest BCUT2D eigenvalue weighted by atomic mass is 9.93. The Kier molecular flexibility index (Phi) is 10.0. The van der Waals surface area contributed by atoms with Gasteiger partial charge >= 0.3 is 12.1 Å². The van der Waals surface area contributed by atoms with Crippen molar-refractivity contribution in [3.05, 3.63) is 87.7 Å². The van der Waals surface area contributed by atoms with Crippen molar-refractivity contribution in [2.45, 2.75) is 39.0 Å². The molecule has 3 amide bonds. The minimum atomic E-state index is -1.51. The first-order chi connectivity index (χ1) is 21.4. The maximum Gasteiger partial charge on any atom is 0.415 e. The summed E-state index contributed by atoms with van der Waals surface area (Å²) in [4.78, 5) is 64.9. The van der Waals surface area contributed by atoms with Crippen LogP contribution in [0.1, 0.15) is 34.1 Å². The van der Waals surface area contributed by atoms with Gasteiger partial charge in [-0.25, -0.2) is 4.79 Å². The molecule has 45 heavy (non-hydrogen) atoms. The van der Waals surface area contributed by atoms with Gasteiger partial charge < -0.3 is 9.47 Å². The summed E-state index contributed by atoms with van der Waals surface area (Å²) < 4.78 is 10.6. The molecule has 1 unspecified atom stereocenters. The number of carbonyl (C=O) groups is 4. The van der Waals surface area contributed by atoms with Crippen LogP contribution in [0.4, 0.5) is 10.5 Å². The second-order valence-electron chi connectivity index (χ2n) is 11.0. The van der Waals surface area contributed by atoms with E-state index in [1.165, 1.54) is 17.0 Å². The van der Waals surface area contributed by atoms with Crippen LogP contribution in [0.5, 0.6) is 0 Å². The third-order valence-corrected chi connectivity index (χ3v) is 7.49. The molecule has 0 aliphatic carbocycles. The van der Waals surface area contributed by atoms with Gasteiger partial charge in [0.15, 0.2) is 0 Å². The van der Waals surface area contributed by atoms with Crippen molar-refractivity contribution in [1.82, 2.24) is 9.80 Å². The molecule has 0 N–H and O–H groups in total. The summed E-state index contributed by atoms with van der Waals surface area (Å²) in [5, 5.41) is 12.1. The molecule has 11 nitrogen and oxygen atoms in total. The van der Waals surface area contributed by atoms with Crippen molar-refractivity contribution in [1.29, 1.82) is 0 Å². The molecule has 12 heteroatoms. The minimum Gasteiger partial charge on any atom is -0.464 e. The summed E-state index contributed by atoms with van der Waals surface area (Å²) in [5.41, 5.74) is 3.50. The Morgan fingerprint density at radius 2 is 1.80 bits per heavy atom. The van der Waals surface area contributed by atoms with Gasteiger partial charge in [-0.1, -0.05) is 55.6 Å². The van der Waals surface area contributed by atoms with E-state index >= 15 is 0 Å². The topological polar surface area (TPSA) is 136 Å². The summed E-state index contributed by atoms with van der Waals surface area (Å²) in [7, 11) is -1.51. The predicted molar refractivity (Wildman–Crippen MR) is 169 cm³/mol. The summed E-state index contributed by atoms with van der Waals surface area (Å²) in [6, 6.07) is 6.37. The van der Waals surface area contributed by atoms with E-state index in [9.17, 15) is 29.3 Å². The first-order valence-corrected chi connectivity index (χ1v) is 17.7. The van der Waals surface area contributed by atoms with Gasteiger partial charge in [-0.05, 0) is 42.7 Å². The number of ether oxygens (including phenoxy) is 2. The second-order valence-corrected chi connectivity index (χ2v) is 15.8. The fraction of sp³-hybridized carbons (Fsp3) is 0.273. The molecule has 2 aromatic rings. The quantitative estimate of drug-likeness (QED) is 0.105. The normalized spacial score (nSPS) is 15.6. The summed E-state index contributed by atoms with van der Waals surface area (Å²) in [5.74, 6) is 6.48. The van der Waals surface area contributed by atoms with Crippen LogP contribution in [0.2, 0.25) is 19.6 Å². The Balaban J connectivity index is 1.43. The van der Waals surface area contributed by atoms with Gasteiger partial charge in [0, 0.05) is 35.2 Å². The van der Waals surface area contributed by atoms with Gasteiger partial charge in [0.2, 0.25) is 0 Å². The Hall–Kier alpha value is -5.46.